The maximum atomic E-state index is 11.7. The van der Waals surface area contributed by atoms with Crippen LogP contribution in [0.15, 0.2) is 29.2 Å². The predicted octanol–water partition coefficient (Wildman–Crippen LogP) is 3.10. The van der Waals surface area contributed by atoms with Crippen molar-refractivity contribution in [1.29, 1.82) is 0 Å². The molecule has 1 amide bonds. The molecule has 0 atom stereocenters. The van der Waals surface area contributed by atoms with Crippen LogP contribution in [0.4, 0.5) is 0 Å². The molecule has 0 aliphatic heterocycles. The smallest absolute Gasteiger partial charge is 0.261 e. The lowest BCUT2D eigenvalue weighted by Gasteiger charge is -2.18. The molecule has 0 aliphatic carbocycles. The highest BCUT2D eigenvalue weighted by atomic mass is 35.7. The van der Waals surface area contributed by atoms with Crippen LogP contribution in [0.25, 0.3) is 0 Å². The van der Waals surface area contributed by atoms with Crippen molar-refractivity contribution in [3.05, 3.63) is 29.8 Å². The van der Waals surface area contributed by atoms with E-state index in [2.05, 4.69) is 26.1 Å². The van der Waals surface area contributed by atoms with Crippen LogP contribution in [-0.4, -0.2) is 20.9 Å². The molecule has 1 rings (SSSR count). The van der Waals surface area contributed by atoms with Crippen LogP contribution in [0.2, 0.25) is 0 Å². The minimum atomic E-state index is -3.68. The third kappa shape index (κ3) is 7.48. The first-order chi connectivity index (χ1) is 9.58. The topological polar surface area (TPSA) is 63.2 Å². The minimum absolute atomic E-state index is 0.00768. The van der Waals surface area contributed by atoms with Gasteiger partial charge in [0, 0.05) is 23.6 Å². The van der Waals surface area contributed by atoms with Crippen molar-refractivity contribution in [1.82, 2.24) is 5.32 Å². The zero-order chi connectivity index (χ0) is 16.1. The summed E-state index contributed by atoms with van der Waals surface area (Å²) >= 11 is 0. The van der Waals surface area contributed by atoms with Crippen molar-refractivity contribution in [2.24, 2.45) is 5.41 Å². The summed E-state index contributed by atoms with van der Waals surface area (Å²) in [4.78, 5) is 11.8. The van der Waals surface area contributed by atoms with E-state index in [0.29, 0.717) is 19.4 Å². The van der Waals surface area contributed by atoms with E-state index in [1.165, 1.54) is 12.1 Å². The highest BCUT2D eigenvalue weighted by Crippen LogP contribution is 2.17. The second kappa shape index (κ2) is 7.27. The van der Waals surface area contributed by atoms with Crippen molar-refractivity contribution < 1.29 is 13.2 Å². The molecule has 0 bridgehead atoms. The van der Waals surface area contributed by atoms with E-state index >= 15 is 0 Å². The molecule has 0 fully saturated rings. The normalized spacial score (nSPS) is 12.2. The molecule has 4 nitrogen and oxygen atoms in total. The number of carbonyl (C=O) groups is 1. The SMILES string of the molecule is CC(C)(C)CCNC(=O)CCc1ccc(S(=O)(=O)Cl)cc1. The Bertz CT molecular complexity index is 574. The summed E-state index contributed by atoms with van der Waals surface area (Å²) in [7, 11) is 1.56. The van der Waals surface area contributed by atoms with Crippen LogP contribution in [-0.2, 0) is 20.3 Å². The summed E-state index contributed by atoms with van der Waals surface area (Å²) in [5.41, 5.74) is 1.11. The number of carbonyl (C=O) groups excluding carboxylic acids is 1. The minimum Gasteiger partial charge on any atom is -0.356 e. The van der Waals surface area contributed by atoms with Gasteiger partial charge in [-0.1, -0.05) is 32.9 Å². The summed E-state index contributed by atoms with van der Waals surface area (Å²) in [5, 5.41) is 2.89. The molecule has 0 radical (unpaired) electrons. The molecule has 0 spiro atoms. The Morgan fingerprint density at radius 3 is 2.24 bits per heavy atom. The van der Waals surface area contributed by atoms with Crippen molar-refractivity contribution in [3.8, 4) is 0 Å². The first-order valence-electron chi connectivity index (χ1n) is 6.88. The maximum absolute atomic E-state index is 11.7. The van der Waals surface area contributed by atoms with E-state index in [1.807, 2.05) is 0 Å². The molecular formula is C15H22ClNO3S. The molecule has 1 aromatic rings. The summed E-state index contributed by atoms with van der Waals surface area (Å²) < 4.78 is 22.2. The zero-order valence-corrected chi connectivity index (χ0v) is 14.2. The number of aryl methyl sites for hydroxylation is 1. The van der Waals surface area contributed by atoms with Crippen molar-refractivity contribution >= 4 is 25.6 Å². The molecule has 0 heterocycles. The highest BCUT2D eigenvalue weighted by Gasteiger charge is 2.11. The zero-order valence-electron chi connectivity index (χ0n) is 12.6. The number of nitrogens with one attached hydrogen (secondary N) is 1. The lowest BCUT2D eigenvalue weighted by molar-refractivity contribution is -0.121. The van der Waals surface area contributed by atoms with E-state index in [9.17, 15) is 13.2 Å². The second-order valence-corrected chi connectivity index (χ2v) is 8.81. The quantitative estimate of drug-likeness (QED) is 0.815. The first-order valence-corrected chi connectivity index (χ1v) is 9.19. The van der Waals surface area contributed by atoms with E-state index in [-0.39, 0.29) is 16.2 Å². The van der Waals surface area contributed by atoms with Gasteiger partial charge in [-0.05, 0) is 36.0 Å². The van der Waals surface area contributed by atoms with Crippen LogP contribution < -0.4 is 5.32 Å². The van der Waals surface area contributed by atoms with E-state index in [0.717, 1.165) is 12.0 Å². The number of hydrogen-bond acceptors (Lipinski definition) is 3. The predicted molar refractivity (Wildman–Crippen MR) is 84.9 cm³/mol. The number of amides is 1. The first kappa shape index (κ1) is 18.0. The molecule has 21 heavy (non-hydrogen) atoms. The van der Waals surface area contributed by atoms with Gasteiger partial charge in [0.25, 0.3) is 9.05 Å². The van der Waals surface area contributed by atoms with Crippen LogP contribution in [0, 0.1) is 5.41 Å². The number of rotatable bonds is 6. The fourth-order valence-electron chi connectivity index (χ4n) is 1.74. The van der Waals surface area contributed by atoms with Gasteiger partial charge in [0.15, 0.2) is 0 Å². The monoisotopic (exact) mass is 331 g/mol. The Balaban J connectivity index is 2.40. The molecule has 0 saturated carbocycles. The van der Waals surface area contributed by atoms with Gasteiger partial charge in [-0.25, -0.2) is 8.42 Å². The summed E-state index contributed by atoms with van der Waals surface area (Å²) in [5.74, 6) is 0.00768. The fraction of sp³-hybridized carbons (Fsp3) is 0.533. The van der Waals surface area contributed by atoms with Gasteiger partial charge in [-0.3, -0.25) is 4.79 Å². The molecule has 0 saturated heterocycles. The third-order valence-corrected chi connectivity index (χ3v) is 4.41. The molecule has 0 aromatic heterocycles. The third-order valence-electron chi connectivity index (χ3n) is 3.04. The van der Waals surface area contributed by atoms with Crippen molar-refractivity contribution in [2.75, 3.05) is 6.54 Å². The van der Waals surface area contributed by atoms with Crippen LogP contribution in [0.1, 0.15) is 39.2 Å². The second-order valence-electron chi connectivity index (χ2n) is 6.24. The fourth-order valence-corrected chi connectivity index (χ4v) is 2.51. The Hall–Kier alpha value is -1.07. The number of benzene rings is 1. The Kier molecular flexibility index (Phi) is 6.23. The van der Waals surface area contributed by atoms with Crippen molar-refractivity contribution in [3.63, 3.8) is 0 Å². The Morgan fingerprint density at radius 1 is 1.19 bits per heavy atom. The number of halogens is 1. The van der Waals surface area contributed by atoms with Gasteiger partial charge in [0.2, 0.25) is 5.91 Å². The van der Waals surface area contributed by atoms with Crippen LogP contribution in [0.5, 0.6) is 0 Å². The standard InChI is InChI=1S/C15H22ClNO3S/c1-15(2,3)10-11-17-14(18)9-6-12-4-7-13(8-5-12)21(16,19)20/h4-5,7-8H,6,9-11H2,1-3H3,(H,17,18). The van der Waals surface area contributed by atoms with E-state index in [1.54, 1.807) is 12.1 Å². The van der Waals surface area contributed by atoms with Crippen molar-refractivity contribution in [2.45, 2.75) is 44.9 Å². The van der Waals surface area contributed by atoms with Gasteiger partial charge < -0.3 is 5.32 Å². The highest BCUT2D eigenvalue weighted by molar-refractivity contribution is 8.13. The largest absolute Gasteiger partial charge is 0.356 e. The van der Waals surface area contributed by atoms with E-state index in [4.69, 9.17) is 10.7 Å². The van der Waals surface area contributed by atoms with E-state index < -0.39 is 9.05 Å². The lowest BCUT2D eigenvalue weighted by atomic mass is 9.92. The Morgan fingerprint density at radius 2 is 1.76 bits per heavy atom. The lowest BCUT2D eigenvalue weighted by Crippen LogP contribution is -2.27. The van der Waals surface area contributed by atoms with Gasteiger partial charge in [0.05, 0.1) is 4.90 Å². The summed E-state index contributed by atoms with van der Waals surface area (Å²) in [6.45, 7) is 7.06. The summed E-state index contributed by atoms with van der Waals surface area (Å²) in [6.07, 6.45) is 1.89. The molecule has 1 N–H and O–H groups in total. The molecule has 0 aliphatic rings. The van der Waals surface area contributed by atoms with Crippen LogP contribution in [0.3, 0.4) is 0 Å². The van der Waals surface area contributed by atoms with Gasteiger partial charge in [0.1, 0.15) is 0 Å². The molecule has 0 unspecified atom stereocenters. The van der Waals surface area contributed by atoms with Crippen LogP contribution >= 0.6 is 10.7 Å². The molecule has 118 valence electrons. The average Bonchev–Trinajstić information content (AvgIpc) is 2.34. The molecule has 1 aromatic carbocycles. The maximum Gasteiger partial charge on any atom is 0.261 e. The Labute approximate surface area is 131 Å². The number of hydrogen-bond donors (Lipinski definition) is 1. The van der Waals surface area contributed by atoms with Gasteiger partial charge in [-0.15, -0.1) is 0 Å². The molecule has 6 heteroatoms. The average molecular weight is 332 g/mol. The van der Waals surface area contributed by atoms with Gasteiger partial charge >= 0.3 is 0 Å². The summed E-state index contributed by atoms with van der Waals surface area (Å²) in [6, 6.07) is 6.26. The molecular weight excluding hydrogens is 310 g/mol. The van der Waals surface area contributed by atoms with Gasteiger partial charge in [-0.2, -0.15) is 0 Å².